The van der Waals surface area contributed by atoms with Crippen LogP contribution in [0, 0.1) is 0 Å². The summed E-state index contributed by atoms with van der Waals surface area (Å²) in [7, 11) is -1.21. The molecule has 0 aromatic heterocycles. The lowest BCUT2D eigenvalue weighted by atomic mass is 10.2. The maximum absolute atomic E-state index is 12.2. The summed E-state index contributed by atoms with van der Waals surface area (Å²) in [6.45, 7) is 3.86. The lowest BCUT2D eigenvalue weighted by Crippen LogP contribution is -3.12. The van der Waals surface area contributed by atoms with Crippen molar-refractivity contribution in [1.82, 2.24) is 4.90 Å². The Hall–Kier alpha value is -1.60. The number of nitrogens with zero attached hydrogens (tertiary/aromatic N) is 2. The normalized spacial score (nSPS) is 16.3. The van der Waals surface area contributed by atoms with Gasteiger partial charge in [-0.1, -0.05) is 18.2 Å². The van der Waals surface area contributed by atoms with E-state index in [9.17, 15) is 13.2 Å². The third-order valence-corrected chi connectivity index (χ3v) is 5.36. The summed E-state index contributed by atoms with van der Waals surface area (Å²) in [6, 6.07) is 9.01. The van der Waals surface area contributed by atoms with Crippen LogP contribution >= 0.6 is 0 Å². The first-order valence-electron chi connectivity index (χ1n) is 8.00. The zero-order valence-electron chi connectivity index (χ0n) is 13.9. The molecular formula is C16H26N3O3S+. The third-order valence-electron chi connectivity index (χ3n) is 4.17. The van der Waals surface area contributed by atoms with Crippen LogP contribution in [0.5, 0.6) is 0 Å². The number of anilines is 1. The molecule has 23 heavy (non-hydrogen) atoms. The molecule has 0 bridgehead atoms. The number of hydrogen-bond donors (Lipinski definition) is 1. The van der Waals surface area contributed by atoms with Crippen molar-refractivity contribution < 1.29 is 18.1 Å². The lowest BCUT2D eigenvalue weighted by molar-refractivity contribution is -0.883. The van der Waals surface area contributed by atoms with Crippen LogP contribution in [0.1, 0.15) is 12.8 Å². The van der Waals surface area contributed by atoms with E-state index >= 15 is 0 Å². The van der Waals surface area contributed by atoms with Gasteiger partial charge in [0.1, 0.15) is 0 Å². The number of para-hydroxylation sites is 1. The first-order chi connectivity index (χ1) is 10.9. The molecule has 1 aromatic carbocycles. The number of amides is 1. The van der Waals surface area contributed by atoms with Gasteiger partial charge in [0.05, 0.1) is 45.2 Å². The number of rotatable bonds is 6. The van der Waals surface area contributed by atoms with Crippen molar-refractivity contribution in [3.05, 3.63) is 30.3 Å². The molecule has 7 heteroatoms. The number of likely N-dealkylation sites (N-methyl/N-ethyl adjacent to an activating group) is 1. The highest BCUT2D eigenvalue weighted by atomic mass is 32.2. The summed E-state index contributed by atoms with van der Waals surface area (Å²) in [4.78, 5) is 15.6. The fraction of sp³-hybridized carbons (Fsp3) is 0.562. The number of nitrogens with one attached hydrogen (secondary N) is 1. The summed E-state index contributed by atoms with van der Waals surface area (Å²) >= 11 is 0. The maximum Gasteiger partial charge on any atom is 0.232 e. The molecule has 0 aliphatic carbocycles. The number of piperazine rings is 1. The van der Waals surface area contributed by atoms with Crippen molar-refractivity contribution >= 4 is 21.6 Å². The second-order valence-corrected chi connectivity index (χ2v) is 8.02. The van der Waals surface area contributed by atoms with E-state index in [-0.39, 0.29) is 5.91 Å². The minimum atomic E-state index is -3.34. The van der Waals surface area contributed by atoms with Gasteiger partial charge in [0.2, 0.25) is 15.9 Å². The van der Waals surface area contributed by atoms with Gasteiger partial charge in [0.15, 0.2) is 0 Å². The van der Waals surface area contributed by atoms with Crippen LogP contribution in [-0.4, -0.2) is 65.3 Å². The minimum Gasteiger partial charge on any atom is -0.334 e. The molecule has 1 N–H and O–H groups in total. The fourth-order valence-corrected chi connectivity index (χ4v) is 3.72. The van der Waals surface area contributed by atoms with E-state index in [1.807, 2.05) is 23.1 Å². The first kappa shape index (κ1) is 17.7. The van der Waals surface area contributed by atoms with Crippen LogP contribution in [-0.2, 0) is 14.8 Å². The van der Waals surface area contributed by atoms with E-state index in [1.165, 1.54) is 15.5 Å². The molecule has 1 aliphatic rings. The predicted molar refractivity (Wildman–Crippen MR) is 91.1 cm³/mol. The number of carbonyl (C=O) groups is 1. The van der Waals surface area contributed by atoms with Gasteiger partial charge in [-0.2, -0.15) is 0 Å². The molecular weight excluding hydrogens is 314 g/mol. The standard InChI is InChI=1S/C16H25N3O3S/c1-17-11-13-18(14-12-17)16(20)9-6-10-19(23(2,21)22)15-7-4-3-5-8-15/h3-5,7-8H,6,9-14H2,1-2H3/p+1. The second-order valence-electron chi connectivity index (χ2n) is 6.11. The molecule has 0 unspecified atom stereocenters. The molecule has 0 atom stereocenters. The summed E-state index contributed by atoms with van der Waals surface area (Å²) in [6.07, 6.45) is 2.11. The van der Waals surface area contributed by atoms with Gasteiger partial charge in [-0.3, -0.25) is 9.10 Å². The molecule has 128 valence electrons. The third kappa shape index (κ3) is 5.21. The van der Waals surface area contributed by atoms with E-state index in [1.54, 1.807) is 12.1 Å². The molecule has 1 heterocycles. The molecule has 1 aliphatic heterocycles. The zero-order chi connectivity index (χ0) is 16.9. The molecule has 0 radical (unpaired) electrons. The molecule has 6 nitrogen and oxygen atoms in total. The van der Waals surface area contributed by atoms with Crippen LogP contribution in [0.3, 0.4) is 0 Å². The van der Waals surface area contributed by atoms with Crippen molar-refractivity contribution in [3.63, 3.8) is 0 Å². The molecule has 1 amide bonds. The number of sulfonamides is 1. The highest BCUT2D eigenvalue weighted by molar-refractivity contribution is 7.92. The van der Waals surface area contributed by atoms with E-state index in [0.717, 1.165) is 26.2 Å². The number of quaternary nitrogens is 1. The van der Waals surface area contributed by atoms with E-state index in [0.29, 0.717) is 25.1 Å². The second kappa shape index (κ2) is 7.79. The van der Waals surface area contributed by atoms with Crippen molar-refractivity contribution in [3.8, 4) is 0 Å². The van der Waals surface area contributed by atoms with Crippen molar-refractivity contribution in [2.24, 2.45) is 0 Å². The van der Waals surface area contributed by atoms with E-state index < -0.39 is 10.0 Å². The summed E-state index contributed by atoms with van der Waals surface area (Å²) in [5.41, 5.74) is 0.644. The van der Waals surface area contributed by atoms with Crippen LogP contribution in [0.2, 0.25) is 0 Å². The first-order valence-corrected chi connectivity index (χ1v) is 9.84. The van der Waals surface area contributed by atoms with Crippen LogP contribution in [0.4, 0.5) is 5.69 Å². The highest BCUT2D eigenvalue weighted by Gasteiger charge is 2.22. The molecule has 0 spiro atoms. The van der Waals surface area contributed by atoms with Gasteiger partial charge < -0.3 is 9.80 Å². The van der Waals surface area contributed by atoms with Gasteiger partial charge in [-0.15, -0.1) is 0 Å². The highest BCUT2D eigenvalue weighted by Crippen LogP contribution is 2.17. The molecule has 0 saturated carbocycles. The van der Waals surface area contributed by atoms with Crippen LogP contribution in [0.25, 0.3) is 0 Å². The van der Waals surface area contributed by atoms with Gasteiger partial charge in [0, 0.05) is 13.0 Å². The average Bonchev–Trinajstić information content (AvgIpc) is 2.51. The summed E-state index contributed by atoms with van der Waals surface area (Å²) in [5, 5.41) is 0. The molecule has 1 fully saturated rings. The Morgan fingerprint density at radius 1 is 1.22 bits per heavy atom. The summed E-state index contributed by atoms with van der Waals surface area (Å²) < 4.78 is 25.3. The molecule has 1 saturated heterocycles. The Morgan fingerprint density at radius 3 is 2.39 bits per heavy atom. The average molecular weight is 340 g/mol. The SMILES string of the molecule is C[NH+]1CCN(C(=O)CCCN(c2ccccc2)S(C)(=O)=O)CC1. The quantitative estimate of drug-likeness (QED) is 0.766. The van der Waals surface area contributed by atoms with Gasteiger partial charge in [0.25, 0.3) is 0 Å². The van der Waals surface area contributed by atoms with Crippen LogP contribution in [0.15, 0.2) is 30.3 Å². The monoisotopic (exact) mass is 340 g/mol. The number of carbonyl (C=O) groups excluding carboxylic acids is 1. The predicted octanol–water partition coefficient (Wildman–Crippen LogP) is -0.410. The van der Waals surface area contributed by atoms with Crippen LogP contribution < -0.4 is 9.21 Å². The smallest absolute Gasteiger partial charge is 0.232 e. The Labute approximate surface area is 138 Å². The Kier molecular flexibility index (Phi) is 6.01. The lowest BCUT2D eigenvalue weighted by Gasteiger charge is -2.30. The van der Waals surface area contributed by atoms with E-state index in [4.69, 9.17) is 0 Å². The molecule has 1 aromatic rings. The summed E-state index contributed by atoms with van der Waals surface area (Å²) in [5.74, 6) is 0.124. The topological polar surface area (TPSA) is 62.1 Å². The Bertz CT molecular complexity index is 611. The Balaban J connectivity index is 1.89. The van der Waals surface area contributed by atoms with Gasteiger partial charge in [-0.05, 0) is 18.6 Å². The number of hydrogen-bond acceptors (Lipinski definition) is 3. The van der Waals surface area contributed by atoms with Crippen molar-refractivity contribution in [2.45, 2.75) is 12.8 Å². The van der Waals surface area contributed by atoms with Crippen molar-refractivity contribution in [1.29, 1.82) is 0 Å². The van der Waals surface area contributed by atoms with Gasteiger partial charge in [-0.25, -0.2) is 8.42 Å². The zero-order valence-corrected chi connectivity index (χ0v) is 14.7. The largest absolute Gasteiger partial charge is 0.334 e. The van der Waals surface area contributed by atoms with Crippen molar-refractivity contribution in [2.75, 3.05) is 50.3 Å². The minimum absolute atomic E-state index is 0.124. The maximum atomic E-state index is 12.2. The molecule has 2 rings (SSSR count). The Morgan fingerprint density at radius 2 is 1.83 bits per heavy atom. The van der Waals surface area contributed by atoms with E-state index in [2.05, 4.69) is 7.05 Å². The number of benzene rings is 1. The van der Waals surface area contributed by atoms with Gasteiger partial charge >= 0.3 is 0 Å². The fourth-order valence-electron chi connectivity index (χ4n) is 2.75.